The molecule has 1 heterocycles. The highest BCUT2D eigenvalue weighted by molar-refractivity contribution is 7.15. The number of carboxylic acids is 1. The van der Waals surface area contributed by atoms with Crippen LogP contribution in [0.25, 0.3) is 5.57 Å². The van der Waals surface area contributed by atoms with Gasteiger partial charge in [-0.15, -0.1) is 11.3 Å². The molecule has 1 aromatic rings. The highest BCUT2D eigenvalue weighted by Crippen LogP contribution is 2.38. The van der Waals surface area contributed by atoms with E-state index in [9.17, 15) is 14.7 Å². The van der Waals surface area contributed by atoms with Gasteiger partial charge in [0.05, 0.1) is 11.8 Å². The Morgan fingerprint density at radius 1 is 1.36 bits per heavy atom. The largest absolute Gasteiger partial charge is 0.477 e. The molecule has 28 heavy (non-hydrogen) atoms. The predicted octanol–water partition coefficient (Wildman–Crippen LogP) is 4.94. The Kier molecular flexibility index (Phi) is 9.15. The summed E-state index contributed by atoms with van der Waals surface area (Å²) in [4.78, 5) is 27.3. The molecule has 1 atom stereocenters. The van der Waals surface area contributed by atoms with Crippen molar-refractivity contribution in [1.29, 1.82) is 0 Å². The maximum Gasteiger partial charge on any atom is 0.348 e. The van der Waals surface area contributed by atoms with Crippen molar-refractivity contribution in [3.8, 4) is 0 Å². The van der Waals surface area contributed by atoms with E-state index >= 15 is 0 Å². The second kappa shape index (κ2) is 11.3. The summed E-state index contributed by atoms with van der Waals surface area (Å²) in [5.41, 5.74) is 1.73. The number of thiophene rings is 1. The average molecular weight is 410 g/mol. The van der Waals surface area contributed by atoms with Crippen molar-refractivity contribution in [2.75, 3.05) is 25.3 Å². The van der Waals surface area contributed by atoms with Gasteiger partial charge in [-0.1, -0.05) is 13.0 Å². The van der Waals surface area contributed by atoms with Crippen LogP contribution in [0.4, 0.5) is 5.69 Å². The molecule has 0 spiro atoms. The van der Waals surface area contributed by atoms with Crippen molar-refractivity contribution in [2.45, 2.75) is 64.9 Å². The van der Waals surface area contributed by atoms with Crippen LogP contribution in [0.5, 0.6) is 0 Å². The first-order valence-electron chi connectivity index (χ1n) is 9.95. The number of allylic oxidation sites excluding steroid dienone is 2. The molecule has 1 amide bonds. The molecule has 1 aliphatic rings. The SMILES string of the molecule is CCC(=O)N(CCCC(C)OCOC)c1cc(C2=CCCCC2)sc1C(=O)O. The Morgan fingerprint density at radius 2 is 2.14 bits per heavy atom. The number of hydrogen-bond acceptors (Lipinski definition) is 5. The van der Waals surface area contributed by atoms with E-state index in [1.165, 1.54) is 23.3 Å². The summed E-state index contributed by atoms with van der Waals surface area (Å²) >= 11 is 1.28. The number of carboxylic acid groups (broad SMARTS) is 1. The van der Waals surface area contributed by atoms with Gasteiger partial charge in [-0.3, -0.25) is 4.79 Å². The number of anilines is 1. The second-order valence-corrected chi connectivity index (χ2v) is 8.08. The molecule has 0 bridgehead atoms. The minimum absolute atomic E-state index is 0.0166. The number of nitrogens with zero attached hydrogens (tertiary/aromatic N) is 1. The zero-order valence-corrected chi connectivity index (χ0v) is 17.8. The van der Waals surface area contributed by atoms with Crippen LogP contribution in [0.2, 0.25) is 0 Å². The summed E-state index contributed by atoms with van der Waals surface area (Å²) < 4.78 is 10.4. The van der Waals surface area contributed by atoms with Crippen LogP contribution in [0.15, 0.2) is 12.1 Å². The zero-order valence-electron chi connectivity index (χ0n) is 17.0. The fourth-order valence-electron chi connectivity index (χ4n) is 3.33. The van der Waals surface area contributed by atoms with Gasteiger partial charge in [-0.25, -0.2) is 4.79 Å². The number of hydrogen-bond donors (Lipinski definition) is 1. The smallest absolute Gasteiger partial charge is 0.348 e. The standard InChI is InChI=1S/C21H31NO5S/c1-4-19(23)22(12-8-9-15(2)27-14-26-3)17-13-18(28-20(17)21(24)25)16-10-6-5-7-11-16/h10,13,15H,4-9,11-12,14H2,1-3H3,(H,24,25). The van der Waals surface area contributed by atoms with Gasteiger partial charge in [0.25, 0.3) is 0 Å². The molecule has 0 fully saturated rings. The Hall–Kier alpha value is -1.70. The fourth-order valence-corrected chi connectivity index (χ4v) is 4.40. The maximum absolute atomic E-state index is 12.6. The summed E-state index contributed by atoms with van der Waals surface area (Å²) in [6, 6.07) is 1.89. The van der Waals surface area contributed by atoms with E-state index in [1.807, 2.05) is 13.0 Å². The molecular weight excluding hydrogens is 378 g/mol. The summed E-state index contributed by atoms with van der Waals surface area (Å²) in [6.07, 6.45) is 8.34. The van der Waals surface area contributed by atoms with E-state index < -0.39 is 5.97 Å². The monoisotopic (exact) mass is 409 g/mol. The third kappa shape index (κ3) is 6.15. The first-order chi connectivity index (χ1) is 13.5. The molecular formula is C21H31NO5S. The van der Waals surface area contributed by atoms with Gasteiger partial charge in [0, 0.05) is 25.0 Å². The number of carbonyl (C=O) groups is 2. The van der Waals surface area contributed by atoms with Crippen LogP contribution in [0, 0.1) is 0 Å². The van der Waals surface area contributed by atoms with E-state index in [0.29, 0.717) is 18.7 Å². The quantitative estimate of drug-likeness (QED) is 0.524. The van der Waals surface area contributed by atoms with Gasteiger partial charge < -0.3 is 19.5 Å². The van der Waals surface area contributed by atoms with Gasteiger partial charge in [0.1, 0.15) is 11.7 Å². The second-order valence-electron chi connectivity index (χ2n) is 7.03. The fraction of sp³-hybridized carbons (Fsp3) is 0.619. The van der Waals surface area contributed by atoms with Gasteiger partial charge in [0.2, 0.25) is 5.91 Å². The first kappa shape index (κ1) is 22.6. The lowest BCUT2D eigenvalue weighted by Gasteiger charge is -2.23. The number of ether oxygens (including phenoxy) is 2. The van der Waals surface area contributed by atoms with E-state index in [1.54, 1.807) is 18.9 Å². The summed E-state index contributed by atoms with van der Waals surface area (Å²) in [6.45, 7) is 4.48. The molecule has 1 aliphatic carbocycles. The first-order valence-corrected chi connectivity index (χ1v) is 10.8. The molecule has 0 radical (unpaired) electrons. The predicted molar refractivity (Wildman–Crippen MR) is 112 cm³/mol. The molecule has 0 aliphatic heterocycles. The third-order valence-corrected chi connectivity index (χ3v) is 6.06. The lowest BCUT2D eigenvalue weighted by atomic mass is 9.98. The molecule has 0 saturated heterocycles. The van der Waals surface area contributed by atoms with Gasteiger partial charge >= 0.3 is 5.97 Å². The molecule has 1 aromatic heterocycles. The van der Waals surface area contributed by atoms with E-state index in [-0.39, 0.29) is 23.7 Å². The van der Waals surface area contributed by atoms with Crippen LogP contribution in [-0.2, 0) is 14.3 Å². The highest BCUT2D eigenvalue weighted by Gasteiger charge is 2.25. The molecule has 156 valence electrons. The van der Waals surface area contributed by atoms with Crippen molar-refractivity contribution in [3.63, 3.8) is 0 Å². The number of amides is 1. The molecule has 7 heteroatoms. The van der Waals surface area contributed by atoms with Crippen molar-refractivity contribution in [2.24, 2.45) is 0 Å². The lowest BCUT2D eigenvalue weighted by molar-refractivity contribution is -0.118. The van der Waals surface area contributed by atoms with E-state index in [0.717, 1.165) is 37.0 Å². The number of aromatic carboxylic acids is 1. The topological polar surface area (TPSA) is 76.1 Å². The minimum Gasteiger partial charge on any atom is -0.477 e. The number of methoxy groups -OCH3 is 1. The van der Waals surface area contributed by atoms with Crippen LogP contribution in [-0.4, -0.2) is 43.5 Å². The molecule has 0 saturated carbocycles. The summed E-state index contributed by atoms with van der Waals surface area (Å²) in [5, 5.41) is 9.71. The molecule has 0 aromatic carbocycles. The normalized spacial score (nSPS) is 15.2. The lowest BCUT2D eigenvalue weighted by Crippen LogP contribution is -2.32. The summed E-state index contributed by atoms with van der Waals surface area (Å²) in [7, 11) is 1.58. The number of rotatable bonds is 11. The Balaban J connectivity index is 2.19. The maximum atomic E-state index is 12.6. The van der Waals surface area contributed by atoms with Crippen LogP contribution >= 0.6 is 11.3 Å². The highest BCUT2D eigenvalue weighted by atomic mass is 32.1. The molecule has 1 unspecified atom stereocenters. The van der Waals surface area contributed by atoms with Crippen LogP contribution in [0.3, 0.4) is 0 Å². The van der Waals surface area contributed by atoms with Crippen LogP contribution < -0.4 is 4.90 Å². The van der Waals surface area contributed by atoms with Crippen molar-refractivity contribution >= 4 is 34.5 Å². The van der Waals surface area contributed by atoms with Crippen molar-refractivity contribution < 1.29 is 24.2 Å². The van der Waals surface area contributed by atoms with Gasteiger partial charge in [-0.2, -0.15) is 0 Å². The van der Waals surface area contributed by atoms with E-state index in [2.05, 4.69) is 6.08 Å². The van der Waals surface area contributed by atoms with Crippen LogP contribution in [0.1, 0.15) is 73.3 Å². The molecule has 1 N–H and O–H groups in total. The Morgan fingerprint density at radius 3 is 2.75 bits per heavy atom. The van der Waals surface area contributed by atoms with Gasteiger partial charge in [0.15, 0.2) is 0 Å². The van der Waals surface area contributed by atoms with Crippen molar-refractivity contribution in [3.05, 3.63) is 21.9 Å². The minimum atomic E-state index is -0.978. The van der Waals surface area contributed by atoms with Gasteiger partial charge in [-0.05, 0) is 57.1 Å². The molecule has 2 rings (SSSR count). The summed E-state index contributed by atoms with van der Waals surface area (Å²) in [5.74, 6) is -1.04. The molecule has 6 nitrogen and oxygen atoms in total. The van der Waals surface area contributed by atoms with E-state index in [4.69, 9.17) is 9.47 Å². The Bertz CT molecular complexity index is 697. The van der Waals surface area contributed by atoms with Crippen molar-refractivity contribution in [1.82, 2.24) is 0 Å². The Labute approximate surface area is 171 Å². The number of carbonyl (C=O) groups excluding carboxylic acids is 1. The third-order valence-electron chi connectivity index (χ3n) is 4.87. The average Bonchev–Trinajstić information content (AvgIpc) is 3.15. The zero-order chi connectivity index (χ0) is 20.5.